The summed E-state index contributed by atoms with van der Waals surface area (Å²) in [5.74, 6) is 0.769. The molecule has 0 heterocycles. The predicted octanol–water partition coefficient (Wildman–Crippen LogP) is 3.76. The van der Waals surface area contributed by atoms with Gasteiger partial charge in [0.25, 0.3) is 0 Å². The minimum atomic E-state index is -0.275. The monoisotopic (exact) mass is 265 g/mol. The van der Waals surface area contributed by atoms with Gasteiger partial charge in [0.05, 0.1) is 0 Å². The van der Waals surface area contributed by atoms with Gasteiger partial charge in [0, 0.05) is 6.04 Å². The van der Waals surface area contributed by atoms with Crippen molar-refractivity contribution in [2.45, 2.75) is 45.1 Å². The molecule has 106 valence electrons. The maximum atomic E-state index is 13.5. The molecule has 1 aromatic carbocycles. The number of rotatable bonds is 7. The number of nitrogens with one attached hydrogen (secondary N) is 1. The van der Waals surface area contributed by atoms with Gasteiger partial charge in [-0.1, -0.05) is 31.9 Å². The topological polar surface area (TPSA) is 21.3 Å². The second-order valence-electron chi connectivity index (χ2n) is 5.35. The highest BCUT2D eigenvalue weighted by molar-refractivity contribution is 5.23. The van der Waals surface area contributed by atoms with E-state index in [9.17, 15) is 4.39 Å². The molecule has 1 fully saturated rings. The van der Waals surface area contributed by atoms with Crippen molar-refractivity contribution in [3.63, 3.8) is 0 Å². The average Bonchev–Trinajstić information content (AvgIpc) is 2.94. The molecule has 1 saturated carbocycles. The SMILES string of the molecule is CCCNC(COc1ccccc1F)C1CCCC1. The van der Waals surface area contributed by atoms with E-state index in [2.05, 4.69) is 12.2 Å². The number of para-hydroxylation sites is 1. The first-order valence-electron chi connectivity index (χ1n) is 7.42. The summed E-state index contributed by atoms with van der Waals surface area (Å²) >= 11 is 0. The molecule has 0 amide bonds. The van der Waals surface area contributed by atoms with Gasteiger partial charge in [0.15, 0.2) is 11.6 Å². The van der Waals surface area contributed by atoms with Crippen molar-refractivity contribution in [2.75, 3.05) is 13.2 Å². The molecule has 0 saturated heterocycles. The van der Waals surface area contributed by atoms with E-state index in [-0.39, 0.29) is 5.82 Å². The summed E-state index contributed by atoms with van der Waals surface area (Å²) in [6.45, 7) is 3.73. The molecule has 1 N–H and O–H groups in total. The van der Waals surface area contributed by atoms with Gasteiger partial charge >= 0.3 is 0 Å². The lowest BCUT2D eigenvalue weighted by Crippen LogP contribution is -2.40. The normalized spacial score (nSPS) is 17.6. The molecule has 1 atom stereocenters. The Balaban J connectivity index is 1.90. The van der Waals surface area contributed by atoms with Crippen molar-refractivity contribution < 1.29 is 9.13 Å². The first-order chi connectivity index (χ1) is 9.31. The lowest BCUT2D eigenvalue weighted by atomic mass is 9.98. The van der Waals surface area contributed by atoms with Crippen LogP contribution in [0.15, 0.2) is 24.3 Å². The van der Waals surface area contributed by atoms with Gasteiger partial charge in [0.2, 0.25) is 0 Å². The third-order valence-corrected chi connectivity index (χ3v) is 3.88. The van der Waals surface area contributed by atoms with Gasteiger partial charge in [-0.3, -0.25) is 0 Å². The Hall–Kier alpha value is -1.09. The maximum absolute atomic E-state index is 13.5. The largest absolute Gasteiger partial charge is 0.489 e. The van der Waals surface area contributed by atoms with E-state index in [1.54, 1.807) is 12.1 Å². The smallest absolute Gasteiger partial charge is 0.165 e. The van der Waals surface area contributed by atoms with Crippen molar-refractivity contribution in [1.82, 2.24) is 5.32 Å². The number of hydrogen-bond acceptors (Lipinski definition) is 2. The molecular formula is C16H24FNO. The molecule has 0 bridgehead atoms. The van der Waals surface area contributed by atoms with E-state index in [1.807, 2.05) is 6.07 Å². The highest BCUT2D eigenvalue weighted by Gasteiger charge is 2.25. The predicted molar refractivity (Wildman–Crippen MR) is 75.9 cm³/mol. The van der Waals surface area contributed by atoms with Crippen LogP contribution < -0.4 is 10.1 Å². The molecule has 0 radical (unpaired) electrons. The molecule has 1 unspecified atom stereocenters. The molecule has 0 spiro atoms. The molecule has 1 aliphatic carbocycles. The quantitative estimate of drug-likeness (QED) is 0.810. The zero-order valence-corrected chi connectivity index (χ0v) is 11.7. The first kappa shape index (κ1) is 14.3. The molecule has 0 aliphatic heterocycles. The molecule has 2 nitrogen and oxygen atoms in total. The standard InChI is InChI=1S/C16H24FNO/c1-2-11-18-15(13-7-3-4-8-13)12-19-16-10-6-5-9-14(16)17/h5-6,9-10,13,15,18H,2-4,7-8,11-12H2,1H3. The van der Waals surface area contributed by atoms with Gasteiger partial charge in [-0.2, -0.15) is 0 Å². The molecule has 0 aromatic heterocycles. The van der Waals surface area contributed by atoms with Crippen molar-refractivity contribution in [3.8, 4) is 5.75 Å². The number of halogens is 1. The van der Waals surface area contributed by atoms with Crippen molar-refractivity contribution in [3.05, 3.63) is 30.1 Å². The number of benzene rings is 1. The summed E-state index contributed by atoms with van der Waals surface area (Å²) < 4.78 is 19.2. The number of ether oxygens (including phenoxy) is 1. The highest BCUT2D eigenvalue weighted by Crippen LogP contribution is 2.28. The van der Waals surface area contributed by atoms with Crippen molar-refractivity contribution in [1.29, 1.82) is 0 Å². The van der Waals surface area contributed by atoms with Crippen molar-refractivity contribution in [2.24, 2.45) is 5.92 Å². The zero-order valence-electron chi connectivity index (χ0n) is 11.7. The lowest BCUT2D eigenvalue weighted by molar-refractivity contribution is 0.211. The summed E-state index contributed by atoms with van der Waals surface area (Å²) in [5.41, 5.74) is 0. The number of hydrogen-bond donors (Lipinski definition) is 1. The average molecular weight is 265 g/mol. The van der Waals surface area contributed by atoms with Gasteiger partial charge in [-0.15, -0.1) is 0 Å². The summed E-state index contributed by atoms with van der Waals surface area (Å²) in [6.07, 6.45) is 6.27. The van der Waals surface area contributed by atoms with Crippen LogP contribution >= 0.6 is 0 Å². The van der Waals surface area contributed by atoms with Crippen LogP contribution in [0.1, 0.15) is 39.0 Å². The molecule has 2 rings (SSSR count). The minimum Gasteiger partial charge on any atom is -0.489 e. The Kier molecular flexibility index (Phi) is 5.64. The van der Waals surface area contributed by atoms with E-state index in [0.29, 0.717) is 24.3 Å². The van der Waals surface area contributed by atoms with Gasteiger partial charge in [-0.05, 0) is 43.9 Å². The highest BCUT2D eigenvalue weighted by atomic mass is 19.1. The van der Waals surface area contributed by atoms with Gasteiger partial charge in [0.1, 0.15) is 6.61 Å². The van der Waals surface area contributed by atoms with Crippen LogP contribution in [0.2, 0.25) is 0 Å². The summed E-state index contributed by atoms with van der Waals surface area (Å²) in [4.78, 5) is 0. The fourth-order valence-corrected chi connectivity index (χ4v) is 2.79. The molecule has 19 heavy (non-hydrogen) atoms. The first-order valence-corrected chi connectivity index (χ1v) is 7.42. The summed E-state index contributed by atoms with van der Waals surface area (Å²) in [7, 11) is 0. The van der Waals surface area contributed by atoms with E-state index in [4.69, 9.17) is 4.74 Å². The Labute approximate surface area is 115 Å². The third kappa shape index (κ3) is 4.20. The maximum Gasteiger partial charge on any atom is 0.165 e. The van der Waals surface area contributed by atoms with Crippen LogP contribution in [0, 0.1) is 11.7 Å². The molecular weight excluding hydrogens is 241 g/mol. The van der Waals surface area contributed by atoms with E-state index < -0.39 is 0 Å². The van der Waals surface area contributed by atoms with Crippen molar-refractivity contribution >= 4 is 0 Å². The zero-order chi connectivity index (χ0) is 13.5. The van der Waals surface area contributed by atoms with Crippen LogP contribution in [0.4, 0.5) is 4.39 Å². The van der Waals surface area contributed by atoms with E-state index in [1.165, 1.54) is 31.7 Å². The Morgan fingerprint density at radius 1 is 1.32 bits per heavy atom. The molecule has 1 aliphatic rings. The lowest BCUT2D eigenvalue weighted by Gasteiger charge is -2.25. The van der Waals surface area contributed by atoms with Crippen LogP contribution in [0.25, 0.3) is 0 Å². The second-order valence-corrected chi connectivity index (χ2v) is 5.35. The second kappa shape index (κ2) is 7.49. The van der Waals surface area contributed by atoms with Gasteiger partial charge in [-0.25, -0.2) is 4.39 Å². The summed E-state index contributed by atoms with van der Waals surface area (Å²) in [5, 5.41) is 3.55. The van der Waals surface area contributed by atoms with E-state index >= 15 is 0 Å². The Morgan fingerprint density at radius 2 is 2.05 bits per heavy atom. The fraction of sp³-hybridized carbons (Fsp3) is 0.625. The van der Waals surface area contributed by atoms with E-state index in [0.717, 1.165) is 13.0 Å². The Bertz CT molecular complexity index is 377. The molecule has 3 heteroatoms. The van der Waals surface area contributed by atoms with Crippen LogP contribution in [-0.4, -0.2) is 19.2 Å². The summed E-state index contributed by atoms with van der Waals surface area (Å²) in [6, 6.07) is 6.98. The molecule has 1 aromatic rings. The van der Waals surface area contributed by atoms with Crippen LogP contribution in [-0.2, 0) is 0 Å². The minimum absolute atomic E-state index is 0.275. The van der Waals surface area contributed by atoms with Gasteiger partial charge < -0.3 is 10.1 Å². The fourth-order valence-electron chi connectivity index (χ4n) is 2.79. The van der Waals surface area contributed by atoms with Crippen LogP contribution in [0.5, 0.6) is 5.75 Å². The van der Waals surface area contributed by atoms with Crippen LogP contribution in [0.3, 0.4) is 0 Å². The third-order valence-electron chi connectivity index (χ3n) is 3.88. The Morgan fingerprint density at radius 3 is 2.74 bits per heavy atom.